The van der Waals surface area contributed by atoms with Crippen molar-refractivity contribution >= 4 is 29.1 Å². The highest BCUT2D eigenvalue weighted by Crippen LogP contribution is 2.13. The molecule has 130 valence electrons. The maximum absolute atomic E-state index is 12.4. The summed E-state index contributed by atoms with van der Waals surface area (Å²) in [6.07, 6.45) is 0. The molecule has 2 aromatic carbocycles. The number of likely N-dealkylation sites (N-methyl/N-ethyl adjacent to an activating group) is 1. The number of hydrogen-bond acceptors (Lipinski definition) is 3. The number of rotatable bonds is 5. The molecule has 2 N–H and O–H groups in total. The van der Waals surface area contributed by atoms with Crippen molar-refractivity contribution in [2.24, 2.45) is 0 Å². The average Bonchev–Trinajstić information content (AvgIpc) is 2.55. The molecule has 0 fully saturated rings. The van der Waals surface area contributed by atoms with Gasteiger partial charge in [0.05, 0.1) is 6.54 Å². The van der Waals surface area contributed by atoms with Gasteiger partial charge in [-0.2, -0.15) is 0 Å². The van der Waals surface area contributed by atoms with Crippen LogP contribution >= 0.6 is 0 Å². The topological polar surface area (TPSA) is 78.5 Å². The number of amides is 3. The maximum Gasteiger partial charge on any atom is 0.254 e. The van der Waals surface area contributed by atoms with E-state index in [4.69, 9.17) is 0 Å². The van der Waals surface area contributed by atoms with Gasteiger partial charge in [0.15, 0.2) is 0 Å². The minimum atomic E-state index is -0.300. The molecule has 6 heteroatoms. The zero-order valence-electron chi connectivity index (χ0n) is 14.5. The van der Waals surface area contributed by atoms with Gasteiger partial charge in [-0.1, -0.05) is 23.8 Å². The lowest BCUT2D eigenvalue weighted by Gasteiger charge is -2.17. The van der Waals surface area contributed by atoms with Crippen molar-refractivity contribution in [1.82, 2.24) is 4.90 Å². The van der Waals surface area contributed by atoms with Crippen LogP contribution in [0.5, 0.6) is 0 Å². The Kier molecular flexibility index (Phi) is 5.89. The lowest BCUT2D eigenvalue weighted by Crippen LogP contribution is -2.35. The number of carbonyl (C=O) groups excluding carboxylic acids is 3. The standard InChI is InChI=1S/C19H21N3O3/c1-13-7-9-16(10-8-13)21-18(24)12-22(3)19(25)15-5-4-6-17(11-15)20-14(2)23/h4-11H,12H2,1-3H3,(H,20,23)(H,21,24). The van der Waals surface area contributed by atoms with Crippen LogP contribution in [0, 0.1) is 6.92 Å². The first kappa shape index (κ1) is 18.2. The fourth-order valence-corrected chi connectivity index (χ4v) is 2.28. The van der Waals surface area contributed by atoms with Crippen molar-refractivity contribution in [2.75, 3.05) is 24.2 Å². The van der Waals surface area contributed by atoms with E-state index >= 15 is 0 Å². The van der Waals surface area contributed by atoms with Crippen molar-refractivity contribution in [3.63, 3.8) is 0 Å². The average molecular weight is 339 g/mol. The molecule has 0 aliphatic carbocycles. The Balaban J connectivity index is 1.98. The zero-order valence-corrected chi connectivity index (χ0v) is 14.5. The quantitative estimate of drug-likeness (QED) is 0.879. The van der Waals surface area contributed by atoms with Crippen LogP contribution in [0.15, 0.2) is 48.5 Å². The van der Waals surface area contributed by atoms with E-state index in [0.29, 0.717) is 16.9 Å². The van der Waals surface area contributed by atoms with Crippen LogP contribution < -0.4 is 10.6 Å². The van der Waals surface area contributed by atoms with E-state index in [1.165, 1.54) is 11.8 Å². The summed E-state index contributed by atoms with van der Waals surface area (Å²) in [5.74, 6) is -0.792. The minimum absolute atomic E-state index is 0.0723. The molecule has 0 atom stereocenters. The third kappa shape index (κ3) is 5.46. The van der Waals surface area contributed by atoms with Crippen molar-refractivity contribution in [2.45, 2.75) is 13.8 Å². The lowest BCUT2D eigenvalue weighted by molar-refractivity contribution is -0.116. The predicted octanol–water partition coefficient (Wildman–Crippen LogP) is 2.66. The highest BCUT2D eigenvalue weighted by atomic mass is 16.2. The molecular weight excluding hydrogens is 318 g/mol. The Morgan fingerprint density at radius 2 is 1.64 bits per heavy atom. The molecule has 0 unspecified atom stereocenters. The van der Waals surface area contributed by atoms with E-state index in [-0.39, 0.29) is 24.3 Å². The zero-order chi connectivity index (χ0) is 18.4. The Labute approximate surface area is 146 Å². The summed E-state index contributed by atoms with van der Waals surface area (Å²) in [7, 11) is 1.56. The summed E-state index contributed by atoms with van der Waals surface area (Å²) in [6.45, 7) is 3.29. The van der Waals surface area contributed by atoms with Gasteiger partial charge in [0.2, 0.25) is 11.8 Å². The molecule has 0 aliphatic heterocycles. The molecule has 6 nitrogen and oxygen atoms in total. The van der Waals surface area contributed by atoms with E-state index in [1.807, 2.05) is 31.2 Å². The van der Waals surface area contributed by atoms with Gasteiger partial charge in [-0.3, -0.25) is 14.4 Å². The van der Waals surface area contributed by atoms with Crippen LogP contribution in [0.2, 0.25) is 0 Å². The fraction of sp³-hybridized carbons (Fsp3) is 0.211. The molecular formula is C19H21N3O3. The van der Waals surface area contributed by atoms with Crippen molar-refractivity contribution < 1.29 is 14.4 Å². The highest BCUT2D eigenvalue weighted by Gasteiger charge is 2.15. The molecule has 0 saturated heterocycles. The summed E-state index contributed by atoms with van der Waals surface area (Å²) < 4.78 is 0. The van der Waals surface area contributed by atoms with Gasteiger partial charge in [-0.15, -0.1) is 0 Å². The molecule has 0 aliphatic rings. The van der Waals surface area contributed by atoms with Crippen LogP contribution in [0.3, 0.4) is 0 Å². The minimum Gasteiger partial charge on any atom is -0.332 e. The van der Waals surface area contributed by atoms with Crippen LogP contribution in [0.25, 0.3) is 0 Å². The summed E-state index contributed by atoms with van der Waals surface area (Å²) in [6, 6.07) is 14.0. The highest BCUT2D eigenvalue weighted by molar-refractivity contribution is 6.00. The monoisotopic (exact) mass is 339 g/mol. The SMILES string of the molecule is CC(=O)Nc1cccc(C(=O)N(C)CC(=O)Nc2ccc(C)cc2)c1. The van der Waals surface area contributed by atoms with E-state index in [1.54, 1.807) is 31.3 Å². The second kappa shape index (κ2) is 8.10. The van der Waals surface area contributed by atoms with Gasteiger partial charge in [-0.05, 0) is 37.3 Å². The van der Waals surface area contributed by atoms with Gasteiger partial charge in [0.25, 0.3) is 5.91 Å². The third-order valence-corrected chi connectivity index (χ3v) is 3.49. The molecule has 3 amide bonds. The van der Waals surface area contributed by atoms with Gasteiger partial charge in [-0.25, -0.2) is 0 Å². The van der Waals surface area contributed by atoms with E-state index in [2.05, 4.69) is 10.6 Å². The number of nitrogens with zero attached hydrogens (tertiary/aromatic N) is 1. The lowest BCUT2D eigenvalue weighted by atomic mass is 10.1. The Bertz CT molecular complexity index is 785. The van der Waals surface area contributed by atoms with Crippen LogP contribution in [-0.2, 0) is 9.59 Å². The number of nitrogens with one attached hydrogen (secondary N) is 2. The second-order valence-electron chi connectivity index (χ2n) is 5.84. The van der Waals surface area contributed by atoms with Gasteiger partial charge in [0.1, 0.15) is 0 Å². The van der Waals surface area contributed by atoms with Crippen LogP contribution in [0.4, 0.5) is 11.4 Å². The Morgan fingerprint density at radius 3 is 2.28 bits per heavy atom. The molecule has 0 heterocycles. The molecule has 0 spiro atoms. The molecule has 0 saturated carbocycles. The normalized spacial score (nSPS) is 10.0. The Morgan fingerprint density at radius 1 is 0.960 bits per heavy atom. The smallest absolute Gasteiger partial charge is 0.254 e. The fourth-order valence-electron chi connectivity index (χ4n) is 2.28. The van der Waals surface area contributed by atoms with Crippen LogP contribution in [0.1, 0.15) is 22.8 Å². The largest absolute Gasteiger partial charge is 0.332 e. The van der Waals surface area contributed by atoms with Crippen LogP contribution in [-0.4, -0.2) is 36.2 Å². The van der Waals surface area contributed by atoms with E-state index < -0.39 is 0 Å². The van der Waals surface area contributed by atoms with Crippen molar-refractivity contribution in [1.29, 1.82) is 0 Å². The summed E-state index contributed by atoms with van der Waals surface area (Å²) in [4.78, 5) is 37.0. The third-order valence-electron chi connectivity index (χ3n) is 3.49. The number of carbonyl (C=O) groups is 3. The van der Waals surface area contributed by atoms with E-state index in [9.17, 15) is 14.4 Å². The van der Waals surface area contributed by atoms with Gasteiger partial charge >= 0.3 is 0 Å². The Hall–Kier alpha value is -3.15. The summed E-state index contributed by atoms with van der Waals surface area (Å²) >= 11 is 0. The molecule has 25 heavy (non-hydrogen) atoms. The van der Waals surface area contributed by atoms with Crippen molar-refractivity contribution in [3.8, 4) is 0 Å². The number of benzene rings is 2. The first-order valence-corrected chi connectivity index (χ1v) is 7.85. The summed E-state index contributed by atoms with van der Waals surface area (Å²) in [5.41, 5.74) is 2.72. The first-order chi connectivity index (χ1) is 11.8. The second-order valence-corrected chi connectivity index (χ2v) is 5.84. The maximum atomic E-state index is 12.4. The number of hydrogen-bond donors (Lipinski definition) is 2. The van der Waals surface area contributed by atoms with Gasteiger partial charge in [0, 0.05) is 30.9 Å². The molecule has 0 radical (unpaired) electrons. The number of anilines is 2. The molecule has 0 aromatic heterocycles. The molecule has 2 rings (SSSR count). The molecule has 0 bridgehead atoms. The molecule has 2 aromatic rings. The predicted molar refractivity (Wildman–Crippen MR) is 97.5 cm³/mol. The first-order valence-electron chi connectivity index (χ1n) is 7.85. The van der Waals surface area contributed by atoms with Crippen molar-refractivity contribution in [3.05, 3.63) is 59.7 Å². The van der Waals surface area contributed by atoms with Gasteiger partial charge < -0.3 is 15.5 Å². The van der Waals surface area contributed by atoms with E-state index in [0.717, 1.165) is 5.56 Å². The number of aryl methyl sites for hydroxylation is 1. The summed E-state index contributed by atoms with van der Waals surface area (Å²) in [5, 5.41) is 5.38.